The van der Waals surface area contributed by atoms with Crippen LogP contribution in [0, 0.1) is 0 Å². The molecule has 0 spiro atoms. The Morgan fingerprint density at radius 1 is 1.14 bits per heavy atom. The third kappa shape index (κ3) is 5.84. The summed E-state index contributed by atoms with van der Waals surface area (Å²) in [5.74, 6) is 0.458. The van der Waals surface area contributed by atoms with E-state index in [1.807, 2.05) is 61.5 Å². The van der Waals surface area contributed by atoms with Crippen molar-refractivity contribution in [2.24, 2.45) is 0 Å². The van der Waals surface area contributed by atoms with Crippen molar-refractivity contribution in [3.63, 3.8) is 0 Å². The van der Waals surface area contributed by atoms with Gasteiger partial charge < -0.3 is 19.8 Å². The van der Waals surface area contributed by atoms with Crippen molar-refractivity contribution in [2.45, 2.75) is 25.2 Å². The van der Waals surface area contributed by atoms with Gasteiger partial charge in [-0.3, -0.25) is 4.57 Å². The number of hydrogen-bond donors (Lipinski definition) is 3. The second-order valence-electron chi connectivity index (χ2n) is 6.82. The number of rotatable bonds is 9. The summed E-state index contributed by atoms with van der Waals surface area (Å²) in [6, 6.07) is 16.8. The van der Waals surface area contributed by atoms with Crippen LogP contribution in [0.1, 0.15) is 24.1 Å². The molecule has 3 N–H and O–H groups in total. The van der Waals surface area contributed by atoms with E-state index in [1.165, 1.54) is 6.33 Å². The molecule has 7 nitrogen and oxygen atoms in total. The maximum atomic E-state index is 12.4. The zero-order chi connectivity index (χ0) is 20.0. The largest absolute Gasteiger partial charge is 0.391 e. The smallest absolute Gasteiger partial charge is 0.257 e. The molecule has 0 bridgehead atoms. The first-order chi connectivity index (χ1) is 13.4. The lowest BCUT2D eigenvalue weighted by molar-refractivity contribution is 0.186. The van der Waals surface area contributed by atoms with Crippen molar-refractivity contribution in [3.05, 3.63) is 72.1 Å². The van der Waals surface area contributed by atoms with E-state index in [1.54, 1.807) is 0 Å². The summed E-state index contributed by atoms with van der Waals surface area (Å²) in [4.78, 5) is 14.2. The number of aromatic nitrogens is 2. The van der Waals surface area contributed by atoms with Crippen molar-refractivity contribution < 1.29 is 19.1 Å². The molecule has 0 radical (unpaired) electrons. The van der Waals surface area contributed by atoms with Crippen LogP contribution in [0.15, 0.2) is 65.4 Å². The van der Waals surface area contributed by atoms with Crippen molar-refractivity contribution in [2.75, 3.05) is 12.7 Å². The standard InChI is InChI=1S/C20H24N3O4P/c1-15(17-7-9-18(10-8-17)20-22-14-23-27-20)21-11-19(24)13-28(25,26)12-16-5-3-2-4-6-16/h2-10,14-15,19,21,24H,11-13H2,1H3,(H,25,26)/t15?,19-/m0/s1. The van der Waals surface area contributed by atoms with E-state index in [0.717, 1.165) is 16.7 Å². The second-order valence-corrected chi connectivity index (χ2v) is 9.20. The van der Waals surface area contributed by atoms with E-state index in [0.29, 0.717) is 5.89 Å². The van der Waals surface area contributed by atoms with Gasteiger partial charge in [-0.2, -0.15) is 4.98 Å². The van der Waals surface area contributed by atoms with Crippen LogP contribution in [-0.4, -0.2) is 39.0 Å². The molecule has 3 aromatic rings. The third-order valence-electron chi connectivity index (χ3n) is 4.45. The maximum absolute atomic E-state index is 12.4. The molecule has 0 saturated carbocycles. The van der Waals surface area contributed by atoms with Crippen LogP contribution in [0.4, 0.5) is 0 Å². The highest BCUT2D eigenvalue weighted by Crippen LogP contribution is 2.44. The first-order valence-corrected chi connectivity index (χ1v) is 11.1. The lowest BCUT2D eigenvalue weighted by Gasteiger charge is -2.20. The summed E-state index contributed by atoms with van der Waals surface area (Å²) < 4.78 is 17.4. The normalized spacial score (nSPS) is 15.7. The topological polar surface area (TPSA) is 108 Å². The predicted molar refractivity (Wildman–Crippen MR) is 107 cm³/mol. The fourth-order valence-electron chi connectivity index (χ4n) is 2.97. The number of hydrogen-bond acceptors (Lipinski definition) is 6. The van der Waals surface area contributed by atoms with E-state index in [-0.39, 0.29) is 24.9 Å². The second kappa shape index (κ2) is 9.26. The van der Waals surface area contributed by atoms with E-state index >= 15 is 0 Å². The van der Waals surface area contributed by atoms with Gasteiger partial charge in [0.15, 0.2) is 6.33 Å². The summed E-state index contributed by atoms with van der Waals surface area (Å²) in [7, 11) is -3.45. The highest BCUT2D eigenvalue weighted by Gasteiger charge is 2.23. The third-order valence-corrected chi connectivity index (χ3v) is 6.30. The van der Waals surface area contributed by atoms with Gasteiger partial charge in [-0.05, 0) is 30.2 Å². The highest BCUT2D eigenvalue weighted by molar-refractivity contribution is 7.57. The molecular weight excluding hydrogens is 377 g/mol. The Hall–Kier alpha value is -2.31. The van der Waals surface area contributed by atoms with Crippen LogP contribution in [0.2, 0.25) is 0 Å². The van der Waals surface area contributed by atoms with E-state index in [4.69, 9.17) is 4.52 Å². The minimum Gasteiger partial charge on any atom is -0.391 e. The molecule has 0 fully saturated rings. The van der Waals surface area contributed by atoms with Gasteiger partial charge in [0.1, 0.15) is 0 Å². The van der Waals surface area contributed by atoms with Gasteiger partial charge in [-0.1, -0.05) is 47.6 Å². The summed E-state index contributed by atoms with van der Waals surface area (Å²) >= 11 is 0. The van der Waals surface area contributed by atoms with E-state index < -0.39 is 13.5 Å². The summed E-state index contributed by atoms with van der Waals surface area (Å²) in [5, 5.41) is 17.0. The van der Waals surface area contributed by atoms with Gasteiger partial charge in [-0.25, -0.2) is 0 Å². The number of nitrogens with zero attached hydrogens (tertiary/aromatic N) is 2. The highest BCUT2D eigenvalue weighted by atomic mass is 31.2. The van der Waals surface area contributed by atoms with Crippen molar-refractivity contribution in [3.8, 4) is 11.5 Å². The van der Waals surface area contributed by atoms with Gasteiger partial charge in [-0.15, -0.1) is 0 Å². The number of aliphatic hydroxyl groups is 1. The minimum atomic E-state index is -3.45. The van der Waals surface area contributed by atoms with Crippen LogP contribution < -0.4 is 5.32 Å². The fraction of sp³-hybridized carbons (Fsp3) is 0.300. The lowest BCUT2D eigenvalue weighted by Crippen LogP contribution is -2.31. The number of aliphatic hydroxyl groups excluding tert-OH is 1. The monoisotopic (exact) mass is 401 g/mol. The Kier molecular flexibility index (Phi) is 6.75. The van der Waals surface area contributed by atoms with Gasteiger partial charge in [0.25, 0.3) is 5.89 Å². The molecule has 0 aliphatic heterocycles. The van der Waals surface area contributed by atoms with Crippen molar-refractivity contribution >= 4 is 7.37 Å². The minimum absolute atomic E-state index is 0.0291. The molecule has 3 atom stereocenters. The quantitative estimate of drug-likeness (QED) is 0.473. The SMILES string of the molecule is CC(NC[C@H](O)CP(=O)(O)Cc1ccccc1)c1ccc(-c2ncno2)cc1. The molecule has 148 valence electrons. The average molecular weight is 401 g/mol. The first-order valence-electron chi connectivity index (χ1n) is 9.06. The summed E-state index contributed by atoms with van der Waals surface area (Å²) in [6.45, 7) is 2.20. The Morgan fingerprint density at radius 3 is 2.50 bits per heavy atom. The van der Waals surface area contributed by atoms with E-state index in [2.05, 4.69) is 15.5 Å². The molecule has 2 unspecified atom stereocenters. The number of nitrogens with one attached hydrogen (secondary N) is 1. The van der Waals surface area contributed by atoms with Crippen LogP contribution in [0.5, 0.6) is 0 Å². The molecule has 28 heavy (non-hydrogen) atoms. The maximum Gasteiger partial charge on any atom is 0.257 e. The number of benzene rings is 2. The Bertz CT molecular complexity index is 901. The Balaban J connectivity index is 1.49. The van der Waals surface area contributed by atoms with Crippen LogP contribution >= 0.6 is 7.37 Å². The van der Waals surface area contributed by atoms with Gasteiger partial charge in [0.05, 0.1) is 12.3 Å². The van der Waals surface area contributed by atoms with Gasteiger partial charge in [0.2, 0.25) is 7.37 Å². The molecule has 0 aliphatic rings. The average Bonchev–Trinajstić information content (AvgIpc) is 3.21. The molecule has 8 heteroatoms. The van der Waals surface area contributed by atoms with Crippen LogP contribution in [-0.2, 0) is 10.7 Å². The zero-order valence-electron chi connectivity index (χ0n) is 15.6. The van der Waals surface area contributed by atoms with Crippen molar-refractivity contribution in [1.82, 2.24) is 15.5 Å². The van der Waals surface area contributed by atoms with Gasteiger partial charge in [0, 0.05) is 24.3 Å². The van der Waals surface area contributed by atoms with Crippen LogP contribution in [0.3, 0.4) is 0 Å². The molecule has 0 saturated heterocycles. The molecule has 0 aliphatic carbocycles. The molecular formula is C20H24N3O4P. The lowest BCUT2D eigenvalue weighted by atomic mass is 10.1. The Morgan fingerprint density at radius 2 is 1.86 bits per heavy atom. The summed E-state index contributed by atoms with van der Waals surface area (Å²) in [6.07, 6.45) is 0.376. The van der Waals surface area contributed by atoms with Gasteiger partial charge >= 0.3 is 0 Å². The molecule has 3 rings (SSSR count). The molecule has 1 heterocycles. The van der Waals surface area contributed by atoms with E-state index in [9.17, 15) is 14.6 Å². The summed E-state index contributed by atoms with van der Waals surface area (Å²) in [5.41, 5.74) is 2.64. The zero-order valence-corrected chi connectivity index (χ0v) is 16.5. The first kappa shape index (κ1) is 20.4. The fourth-order valence-corrected chi connectivity index (χ4v) is 4.67. The van der Waals surface area contributed by atoms with Crippen molar-refractivity contribution in [1.29, 1.82) is 0 Å². The molecule has 1 aromatic heterocycles. The Labute approximate surface area is 163 Å². The molecule has 2 aromatic carbocycles. The predicted octanol–water partition coefficient (Wildman–Crippen LogP) is 3.22. The molecule has 0 amide bonds. The van der Waals surface area contributed by atoms with Crippen LogP contribution in [0.25, 0.3) is 11.5 Å².